The summed E-state index contributed by atoms with van der Waals surface area (Å²) in [6.45, 7) is 0. The molecule has 6 heteroatoms. The lowest BCUT2D eigenvalue weighted by Gasteiger charge is -2.08. The second-order valence-corrected chi connectivity index (χ2v) is 4.31. The first-order valence-electron chi connectivity index (χ1n) is 5.30. The van der Waals surface area contributed by atoms with Crippen molar-refractivity contribution in [3.8, 4) is 0 Å². The van der Waals surface area contributed by atoms with E-state index in [-0.39, 0.29) is 5.88 Å². The highest BCUT2D eigenvalue weighted by Gasteiger charge is 2.17. The third-order valence-corrected chi connectivity index (χ3v) is 2.78. The highest BCUT2D eigenvalue weighted by Crippen LogP contribution is 2.23. The lowest BCUT2D eigenvalue weighted by atomic mass is 10.1. The molecule has 18 heavy (non-hydrogen) atoms. The summed E-state index contributed by atoms with van der Waals surface area (Å²) in [6, 6.07) is 9.68. The minimum atomic E-state index is -0.585. The van der Waals surface area contributed by atoms with E-state index in [2.05, 4.69) is 0 Å². The highest BCUT2D eigenvalue weighted by atomic mass is 35.5. The van der Waals surface area contributed by atoms with Crippen LogP contribution in [0.4, 0.5) is 5.88 Å². The monoisotopic (exact) mass is 266 g/mol. The largest absolute Gasteiger partial charge is 0.433 e. The van der Waals surface area contributed by atoms with Crippen LogP contribution in [0.2, 0.25) is 5.02 Å². The van der Waals surface area contributed by atoms with Crippen molar-refractivity contribution in [1.82, 2.24) is 0 Å². The van der Waals surface area contributed by atoms with E-state index in [1.165, 1.54) is 12.1 Å². The van der Waals surface area contributed by atoms with Crippen LogP contribution >= 0.6 is 11.6 Å². The fraction of sp³-hybridized carbons (Fsp3) is 0.167. The van der Waals surface area contributed by atoms with Gasteiger partial charge in [-0.05, 0) is 30.2 Å². The topological polar surface area (TPSA) is 82.3 Å². The fourth-order valence-corrected chi connectivity index (χ4v) is 1.74. The van der Waals surface area contributed by atoms with Crippen LogP contribution in [0, 0.1) is 10.1 Å². The Kier molecular flexibility index (Phi) is 3.64. The molecule has 0 aliphatic rings. The quantitative estimate of drug-likeness (QED) is 0.681. The van der Waals surface area contributed by atoms with Crippen LogP contribution in [-0.4, -0.2) is 4.92 Å². The average Bonchev–Trinajstić information content (AvgIpc) is 2.81. The molecule has 0 spiro atoms. The Morgan fingerprint density at radius 2 is 1.94 bits per heavy atom. The van der Waals surface area contributed by atoms with Gasteiger partial charge in [0.2, 0.25) is 0 Å². The fourth-order valence-electron chi connectivity index (χ4n) is 1.61. The zero-order chi connectivity index (χ0) is 13.1. The summed E-state index contributed by atoms with van der Waals surface area (Å²) in [4.78, 5) is 9.90. The number of hydrogen-bond donors (Lipinski definition) is 1. The van der Waals surface area contributed by atoms with Gasteiger partial charge in [-0.15, -0.1) is 0 Å². The molecule has 94 valence electrons. The van der Waals surface area contributed by atoms with Crippen LogP contribution in [0.1, 0.15) is 17.4 Å². The van der Waals surface area contributed by atoms with Crippen molar-refractivity contribution in [2.24, 2.45) is 5.73 Å². The van der Waals surface area contributed by atoms with Crippen molar-refractivity contribution < 1.29 is 9.34 Å². The number of halogens is 1. The van der Waals surface area contributed by atoms with Gasteiger partial charge in [-0.3, -0.25) is 10.1 Å². The Labute approximate surface area is 108 Å². The molecule has 0 aliphatic carbocycles. The van der Waals surface area contributed by atoms with Gasteiger partial charge in [0.05, 0.1) is 12.1 Å². The second kappa shape index (κ2) is 5.20. The summed E-state index contributed by atoms with van der Waals surface area (Å²) in [5.41, 5.74) is 6.92. The maximum atomic E-state index is 10.5. The van der Waals surface area contributed by atoms with Crippen molar-refractivity contribution in [2.45, 2.75) is 12.5 Å². The zero-order valence-corrected chi connectivity index (χ0v) is 10.1. The van der Waals surface area contributed by atoms with E-state index < -0.39 is 11.0 Å². The van der Waals surface area contributed by atoms with Gasteiger partial charge in [0.25, 0.3) is 0 Å². The standard InChI is InChI=1S/C12H11ClN2O3/c13-9-3-1-8(2-4-9)7-10(14)11-5-6-12(18-11)15(16)17/h1-6,10H,7,14H2. The predicted octanol–water partition coefficient (Wildman–Crippen LogP) is 3.08. The molecule has 0 saturated carbocycles. The molecule has 2 N–H and O–H groups in total. The third kappa shape index (κ3) is 2.88. The van der Waals surface area contributed by atoms with Crippen LogP contribution in [-0.2, 0) is 6.42 Å². The van der Waals surface area contributed by atoms with E-state index in [4.69, 9.17) is 21.8 Å². The first-order valence-corrected chi connectivity index (χ1v) is 5.68. The molecule has 1 atom stereocenters. The highest BCUT2D eigenvalue weighted by molar-refractivity contribution is 6.30. The Bertz CT molecular complexity index is 551. The first-order chi connectivity index (χ1) is 8.56. The average molecular weight is 267 g/mol. The number of nitro groups is 1. The molecule has 2 rings (SSSR count). The maximum Gasteiger partial charge on any atom is 0.433 e. The molecule has 0 saturated heterocycles. The third-order valence-electron chi connectivity index (χ3n) is 2.53. The van der Waals surface area contributed by atoms with E-state index >= 15 is 0 Å². The van der Waals surface area contributed by atoms with Crippen molar-refractivity contribution in [1.29, 1.82) is 0 Å². The Balaban J connectivity index is 2.09. The molecular formula is C12H11ClN2O3. The number of nitrogens with two attached hydrogens (primary N) is 1. The Hall–Kier alpha value is -1.85. The van der Waals surface area contributed by atoms with Crippen LogP contribution in [0.5, 0.6) is 0 Å². The summed E-state index contributed by atoms with van der Waals surface area (Å²) in [6.07, 6.45) is 0.530. The van der Waals surface area contributed by atoms with Gasteiger partial charge >= 0.3 is 5.88 Å². The van der Waals surface area contributed by atoms with E-state index in [1.807, 2.05) is 12.1 Å². The molecule has 5 nitrogen and oxygen atoms in total. The summed E-state index contributed by atoms with van der Waals surface area (Å²) in [5.74, 6) is 0.105. The zero-order valence-electron chi connectivity index (χ0n) is 9.38. The SMILES string of the molecule is NC(Cc1ccc(Cl)cc1)c1ccc([N+](=O)[O-])o1. The number of benzene rings is 1. The summed E-state index contributed by atoms with van der Waals surface area (Å²) in [7, 11) is 0. The molecule has 1 unspecified atom stereocenters. The smallest absolute Gasteiger partial charge is 0.404 e. The number of furan rings is 1. The van der Waals surface area contributed by atoms with Crippen LogP contribution in [0.3, 0.4) is 0 Å². The summed E-state index contributed by atoms with van der Waals surface area (Å²) >= 11 is 5.78. The van der Waals surface area contributed by atoms with Crippen molar-refractivity contribution in [3.05, 3.63) is 62.9 Å². The minimum absolute atomic E-state index is 0.295. The van der Waals surface area contributed by atoms with Gasteiger partial charge in [-0.2, -0.15) is 0 Å². The van der Waals surface area contributed by atoms with Crippen LogP contribution < -0.4 is 5.73 Å². The van der Waals surface area contributed by atoms with E-state index in [9.17, 15) is 10.1 Å². The molecule has 1 aromatic carbocycles. The first kappa shape index (κ1) is 12.6. The normalized spacial score (nSPS) is 12.3. The molecule has 0 amide bonds. The van der Waals surface area contributed by atoms with Gasteiger partial charge < -0.3 is 10.2 Å². The molecule has 1 aromatic heterocycles. The molecule has 0 bridgehead atoms. The minimum Gasteiger partial charge on any atom is -0.404 e. The maximum absolute atomic E-state index is 10.5. The van der Waals surface area contributed by atoms with E-state index in [0.29, 0.717) is 17.2 Å². The van der Waals surface area contributed by atoms with Gasteiger partial charge in [0.15, 0.2) is 0 Å². The van der Waals surface area contributed by atoms with Crippen molar-refractivity contribution in [3.63, 3.8) is 0 Å². The summed E-state index contributed by atoms with van der Waals surface area (Å²) in [5, 5.41) is 11.1. The van der Waals surface area contributed by atoms with Crippen molar-refractivity contribution in [2.75, 3.05) is 0 Å². The lowest BCUT2D eigenvalue weighted by Crippen LogP contribution is -2.12. The summed E-state index contributed by atoms with van der Waals surface area (Å²) < 4.78 is 5.05. The van der Waals surface area contributed by atoms with Crippen molar-refractivity contribution >= 4 is 17.5 Å². The van der Waals surface area contributed by atoms with E-state index in [1.54, 1.807) is 12.1 Å². The van der Waals surface area contributed by atoms with E-state index in [0.717, 1.165) is 5.56 Å². The number of rotatable bonds is 4. The molecule has 1 heterocycles. The van der Waals surface area contributed by atoms with Gasteiger partial charge in [0.1, 0.15) is 10.7 Å². The predicted molar refractivity (Wildman–Crippen MR) is 67.4 cm³/mol. The molecule has 0 fully saturated rings. The molecule has 0 aliphatic heterocycles. The number of hydrogen-bond acceptors (Lipinski definition) is 4. The van der Waals surface area contributed by atoms with Crippen LogP contribution in [0.25, 0.3) is 0 Å². The lowest BCUT2D eigenvalue weighted by molar-refractivity contribution is -0.402. The molecule has 0 radical (unpaired) electrons. The van der Waals surface area contributed by atoms with Crippen LogP contribution in [0.15, 0.2) is 40.8 Å². The van der Waals surface area contributed by atoms with Gasteiger partial charge in [0, 0.05) is 5.02 Å². The Morgan fingerprint density at radius 3 is 2.50 bits per heavy atom. The Morgan fingerprint density at radius 1 is 1.28 bits per heavy atom. The number of nitrogens with zero attached hydrogens (tertiary/aromatic N) is 1. The molecule has 2 aromatic rings. The molecular weight excluding hydrogens is 256 g/mol. The van der Waals surface area contributed by atoms with Gasteiger partial charge in [-0.25, -0.2) is 0 Å². The van der Waals surface area contributed by atoms with Gasteiger partial charge in [-0.1, -0.05) is 23.7 Å². The second-order valence-electron chi connectivity index (χ2n) is 3.87.